The van der Waals surface area contributed by atoms with Crippen LogP contribution in [-0.2, 0) is 11.3 Å². The first-order valence-electron chi connectivity index (χ1n) is 6.07. The number of hydrogen-bond acceptors (Lipinski definition) is 2. The molecule has 2 heteroatoms. The van der Waals surface area contributed by atoms with Crippen LogP contribution in [0.5, 0.6) is 0 Å². The van der Waals surface area contributed by atoms with Gasteiger partial charge in [-0.15, -0.1) is 6.58 Å². The highest BCUT2D eigenvalue weighted by Gasteiger charge is 1.91. The zero-order valence-electron chi connectivity index (χ0n) is 10.5. The maximum absolute atomic E-state index is 9.38. The van der Waals surface area contributed by atoms with Crippen molar-refractivity contribution >= 4 is 0 Å². The van der Waals surface area contributed by atoms with Crippen molar-refractivity contribution in [3.05, 3.63) is 72.9 Å². The van der Waals surface area contributed by atoms with Gasteiger partial charge in [0.1, 0.15) is 0 Å². The summed E-state index contributed by atoms with van der Waals surface area (Å²) in [7, 11) is 0. The SMILES string of the molecule is C=CC[C@H](O)/C=C\C=C\COCc1ccccc1. The lowest BCUT2D eigenvalue weighted by molar-refractivity contribution is 0.148. The molecule has 1 aromatic carbocycles. The highest BCUT2D eigenvalue weighted by molar-refractivity contribution is 5.13. The molecular formula is C16H20O2. The molecule has 0 saturated carbocycles. The second-order valence-corrected chi connectivity index (χ2v) is 3.91. The Morgan fingerprint density at radius 3 is 2.72 bits per heavy atom. The Hall–Kier alpha value is -1.64. The van der Waals surface area contributed by atoms with E-state index in [0.717, 1.165) is 0 Å². The first-order valence-corrected chi connectivity index (χ1v) is 6.07. The van der Waals surface area contributed by atoms with E-state index in [9.17, 15) is 5.11 Å². The Bertz CT molecular complexity index is 379. The fourth-order valence-electron chi connectivity index (χ4n) is 1.39. The van der Waals surface area contributed by atoms with Crippen LogP contribution in [0.4, 0.5) is 0 Å². The van der Waals surface area contributed by atoms with E-state index in [1.165, 1.54) is 5.56 Å². The molecule has 0 aliphatic heterocycles. The standard InChI is InChI=1S/C16H20O2/c1-2-9-16(17)12-7-4-8-13-18-14-15-10-5-3-6-11-15/h2-8,10-12,16-17H,1,9,13-14H2/b8-4+,12-7-/t16-/m0/s1. The van der Waals surface area contributed by atoms with Gasteiger partial charge >= 0.3 is 0 Å². The van der Waals surface area contributed by atoms with Crippen LogP contribution in [0.3, 0.4) is 0 Å². The smallest absolute Gasteiger partial charge is 0.0758 e. The normalized spacial score (nSPS) is 13.2. The first kappa shape index (κ1) is 14.4. The predicted molar refractivity (Wildman–Crippen MR) is 75.2 cm³/mol. The van der Waals surface area contributed by atoms with Gasteiger partial charge in [-0.25, -0.2) is 0 Å². The van der Waals surface area contributed by atoms with Crippen molar-refractivity contribution in [1.29, 1.82) is 0 Å². The van der Waals surface area contributed by atoms with Gasteiger partial charge in [0.2, 0.25) is 0 Å². The molecule has 1 rings (SSSR count). The third-order valence-electron chi connectivity index (χ3n) is 2.31. The summed E-state index contributed by atoms with van der Waals surface area (Å²) >= 11 is 0. The van der Waals surface area contributed by atoms with Crippen LogP contribution in [-0.4, -0.2) is 17.8 Å². The van der Waals surface area contributed by atoms with Crippen LogP contribution >= 0.6 is 0 Å². The lowest BCUT2D eigenvalue weighted by atomic mass is 10.2. The summed E-state index contributed by atoms with van der Waals surface area (Å²) in [5, 5.41) is 9.38. The molecule has 96 valence electrons. The highest BCUT2D eigenvalue weighted by Crippen LogP contribution is 2.00. The molecule has 1 N–H and O–H groups in total. The highest BCUT2D eigenvalue weighted by atomic mass is 16.5. The van der Waals surface area contributed by atoms with Gasteiger partial charge in [-0.1, -0.05) is 60.7 Å². The largest absolute Gasteiger partial charge is 0.389 e. The predicted octanol–water partition coefficient (Wildman–Crippen LogP) is 3.25. The Balaban J connectivity index is 2.12. The summed E-state index contributed by atoms with van der Waals surface area (Å²) in [6.45, 7) is 4.75. The lowest BCUT2D eigenvalue weighted by Crippen LogP contribution is -1.98. The molecular weight excluding hydrogens is 224 g/mol. The van der Waals surface area contributed by atoms with E-state index in [1.807, 2.05) is 48.6 Å². The minimum atomic E-state index is -0.447. The number of benzene rings is 1. The van der Waals surface area contributed by atoms with Crippen molar-refractivity contribution in [3.63, 3.8) is 0 Å². The fourth-order valence-corrected chi connectivity index (χ4v) is 1.39. The van der Waals surface area contributed by atoms with Crippen molar-refractivity contribution < 1.29 is 9.84 Å². The average molecular weight is 244 g/mol. The van der Waals surface area contributed by atoms with E-state index in [2.05, 4.69) is 6.58 Å². The van der Waals surface area contributed by atoms with Crippen molar-refractivity contribution in [2.24, 2.45) is 0 Å². The zero-order valence-corrected chi connectivity index (χ0v) is 10.5. The maximum atomic E-state index is 9.38. The summed E-state index contributed by atoms with van der Waals surface area (Å²) in [5.74, 6) is 0. The van der Waals surface area contributed by atoms with Gasteiger partial charge < -0.3 is 9.84 Å². The van der Waals surface area contributed by atoms with Gasteiger partial charge in [-0.3, -0.25) is 0 Å². The minimum absolute atomic E-state index is 0.447. The second kappa shape index (κ2) is 9.40. The molecule has 0 saturated heterocycles. The topological polar surface area (TPSA) is 29.5 Å². The Kier molecular flexibility index (Phi) is 7.53. The fraction of sp³-hybridized carbons (Fsp3) is 0.250. The molecule has 0 aromatic heterocycles. The lowest BCUT2D eigenvalue weighted by Gasteiger charge is -2.00. The summed E-state index contributed by atoms with van der Waals surface area (Å²) in [6, 6.07) is 10.1. The Morgan fingerprint density at radius 1 is 1.22 bits per heavy atom. The van der Waals surface area contributed by atoms with Gasteiger partial charge in [-0.2, -0.15) is 0 Å². The average Bonchev–Trinajstić information content (AvgIpc) is 2.39. The summed E-state index contributed by atoms with van der Waals surface area (Å²) in [6.07, 6.45) is 9.17. The van der Waals surface area contributed by atoms with Gasteiger partial charge in [0.25, 0.3) is 0 Å². The van der Waals surface area contributed by atoms with Crippen LogP contribution in [0, 0.1) is 0 Å². The van der Waals surface area contributed by atoms with Gasteiger partial charge in [0.05, 0.1) is 19.3 Å². The molecule has 18 heavy (non-hydrogen) atoms. The summed E-state index contributed by atoms with van der Waals surface area (Å²) in [5.41, 5.74) is 1.17. The van der Waals surface area contributed by atoms with Gasteiger partial charge in [0, 0.05) is 0 Å². The molecule has 0 spiro atoms. The molecule has 1 aromatic rings. The molecule has 0 unspecified atom stereocenters. The molecule has 0 heterocycles. The van der Waals surface area contributed by atoms with Crippen molar-refractivity contribution in [3.8, 4) is 0 Å². The van der Waals surface area contributed by atoms with Crippen molar-refractivity contribution in [1.82, 2.24) is 0 Å². The summed E-state index contributed by atoms with van der Waals surface area (Å²) < 4.78 is 5.47. The molecule has 0 bridgehead atoms. The number of aliphatic hydroxyl groups is 1. The number of hydrogen-bond donors (Lipinski definition) is 1. The van der Waals surface area contributed by atoms with Crippen LogP contribution in [0.15, 0.2) is 67.3 Å². The van der Waals surface area contributed by atoms with Crippen molar-refractivity contribution in [2.75, 3.05) is 6.61 Å². The van der Waals surface area contributed by atoms with E-state index in [-0.39, 0.29) is 0 Å². The van der Waals surface area contributed by atoms with Crippen LogP contribution < -0.4 is 0 Å². The number of rotatable bonds is 8. The van der Waals surface area contributed by atoms with Gasteiger partial charge in [-0.05, 0) is 12.0 Å². The molecule has 0 amide bonds. The number of allylic oxidation sites excluding steroid dienone is 2. The van der Waals surface area contributed by atoms with E-state index in [1.54, 1.807) is 12.2 Å². The number of ether oxygens (including phenoxy) is 1. The molecule has 0 aliphatic carbocycles. The summed E-state index contributed by atoms with van der Waals surface area (Å²) in [4.78, 5) is 0. The minimum Gasteiger partial charge on any atom is -0.389 e. The molecule has 1 atom stereocenters. The van der Waals surface area contributed by atoms with E-state index in [4.69, 9.17) is 4.74 Å². The molecule has 0 fully saturated rings. The Labute approximate surface area is 109 Å². The van der Waals surface area contributed by atoms with Crippen molar-refractivity contribution in [2.45, 2.75) is 19.1 Å². The quantitative estimate of drug-likeness (QED) is 0.432. The Morgan fingerprint density at radius 2 is 2.00 bits per heavy atom. The van der Waals surface area contributed by atoms with Crippen LogP contribution in [0.2, 0.25) is 0 Å². The molecule has 2 nitrogen and oxygen atoms in total. The first-order chi connectivity index (χ1) is 8.83. The molecule has 0 aliphatic rings. The van der Waals surface area contributed by atoms with Crippen LogP contribution in [0.1, 0.15) is 12.0 Å². The molecule has 0 radical (unpaired) electrons. The maximum Gasteiger partial charge on any atom is 0.0758 e. The van der Waals surface area contributed by atoms with E-state index in [0.29, 0.717) is 19.6 Å². The third-order valence-corrected chi connectivity index (χ3v) is 2.31. The third kappa shape index (κ3) is 6.84. The second-order valence-electron chi connectivity index (χ2n) is 3.91. The van der Waals surface area contributed by atoms with Gasteiger partial charge in [0.15, 0.2) is 0 Å². The van der Waals surface area contributed by atoms with E-state index >= 15 is 0 Å². The monoisotopic (exact) mass is 244 g/mol. The zero-order chi connectivity index (χ0) is 13.1. The van der Waals surface area contributed by atoms with Crippen LogP contribution in [0.25, 0.3) is 0 Å². The van der Waals surface area contributed by atoms with E-state index < -0.39 is 6.10 Å². The number of aliphatic hydroxyl groups excluding tert-OH is 1.